The first-order valence-electron chi connectivity index (χ1n) is 7.71. The van der Waals surface area contributed by atoms with E-state index in [-0.39, 0.29) is 30.1 Å². The number of para-hydroxylation sites is 1. The van der Waals surface area contributed by atoms with Crippen molar-refractivity contribution in [1.82, 2.24) is 9.78 Å². The number of halogens is 2. The zero-order valence-electron chi connectivity index (χ0n) is 13.4. The van der Waals surface area contributed by atoms with Crippen molar-refractivity contribution in [3.63, 3.8) is 0 Å². The molecule has 0 spiro atoms. The number of nitrogens with zero attached hydrogens (tertiary/aromatic N) is 3. The van der Waals surface area contributed by atoms with Crippen molar-refractivity contribution in [1.29, 1.82) is 0 Å². The molecule has 0 radical (unpaired) electrons. The van der Waals surface area contributed by atoms with Crippen LogP contribution in [-0.2, 0) is 11.3 Å². The van der Waals surface area contributed by atoms with Gasteiger partial charge in [-0.05, 0) is 31.2 Å². The molecule has 3 aromatic rings. The van der Waals surface area contributed by atoms with E-state index in [1.54, 1.807) is 31.2 Å². The second-order valence-corrected chi connectivity index (χ2v) is 5.42. The molecule has 1 amide bonds. The molecule has 1 heterocycles. The minimum absolute atomic E-state index is 0.131. The Morgan fingerprint density at radius 3 is 2.64 bits per heavy atom. The molecular weight excluding hydrogens is 328 g/mol. The van der Waals surface area contributed by atoms with Crippen LogP contribution in [0.5, 0.6) is 0 Å². The van der Waals surface area contributed by atoms with Gasteiger partial charge in [-0.1, -0.05) is 12.1 Å². The van der Waals surface area contributed by atoms with E-state index in [0.717, 1.165) is 18.3 Å². The summed E-state index contributed by atoms with van der Waals surface area (Å²) in [4.78, 5) is 25.8. The first-order chi connectivity index (χ1) is 12.0. The smallest absolute Gasteiger partial charge is 0.248 e. The van der Waals surface area contributed by atoms with Crippen LogP contribution in [0, 0.1) is 11.6 Å². The minimum Gasteiger partial charge on any atom is -0.311 e. The molecule has 0 N–H and O–H groups in total. The summed E-state index contributed by atoms with van der Waals surface area (Å²) >= 11 is 0. The molecule has 128 valence electrons. The number of carbonyl (C=O) groups excluding carboxylic acids is 1. The Hall–Kier alpha value is -3.09. The quantitative estimate of drug-likeness (QED) is 0.732. The number of aromatic nitrogens is 2. The second-order valence-electron chi connectivity index (χ2n) is 5.42. The van der Waals surface area contributed by atoms with Crippen LogP contribution in [0.2, 0.25) is 0 Å². The Balaban J connectivity index is 1.94. The second kappa shape index (κ2) is 6.80. The monoisotopic (exact) mass is 343 g/mol. The zero-order chi connectivity index (χ0) is 18.0. The number of amides is 1. The first kappa shape index (κ1) is 16.8. The topological polar surface area (TPSA) is 55.2 Å². The SMILES string of the molecule is CCN(C(=O)Cn1ncc(=O)c2ccccc21)c1ccc(F)c(F)c1. The van der Waals surface area contributed by atoms with Crippen molar-refractivity contribution < 1.29 is 13.6 Å². The highest BCUT2D eigenvalue weighted by Gasteiger charge is 2.17. The van der Waals surface area contributed by atoms with Gasteiger partial charge in [-0.2, -0.15) is 5.10 Å². The van der Waals surface area contributed by atoms with E-state index in [1.165, 1.54) is 15.6 Å². The average molecular weight is 343 g/mol. The van der Waals surface area contributed by atoms with Crippen LogP contribution in [0.25, 0.3) is 10.9 Å². The van der Waals surface area contributed by atoms with Gasteiger partial charge in [0.1, 0.15) is 6.54 Å². The van der Waals surface area contributed by atoms with E-state index >= 15 is 0 Å². The molecule has 0 fully saturated rings. The van der Waals surface area contributed by atoms with Gasteiger partial charge in [0, 0.05) is 23.7 Å². The summed E-state index contributed by atoms with van der Waals surface area (Å²) in [6.45, 7) is 1.88. The van der Waals surface area contributed by atoms with Crippen LogP contribution < -0.4 is 10.3 Å². The molecule has 0 saturated heterocycles. The summed E-state index contributed by atoms with van der Waals surface area (Å²) in [7, 11) is 0. The fourth-order valence-corrected chi connectivity index (χ4v) is 2.66. The fraction of sp³-hybridized carbons (Fsp3) is 0.167. The summed E-state index contributed by atoms with van der Waals surface area (Å²) in [6, 6.07) is 10.1. The maximum absolute atomic E-state index is 13.5. The van der Waals surface area contributed by atoms with Crippen molar-refractivity contribution in [2.24, 2.45) is 0 Å². The van der Waals surface area contributed by atoms with Crippen LogP contribution in [0.1, 0.15) is 6.92 Å². The molecule has 2 aromatic carbocycles. The summed E-state index contributed by atoms with van der Waals surface area (Å²) in [5.41, 5.74) is 0.564. The van der Waals surface area contributed by atoms with Gasteiger partial charge >= 0.3 is 0 Å². The van der Waals surface area contributed by atoms with Crippen LogP contribution in [-0.4, -0.2) is 22.2 Å². The molecule has 5 nitrogen and oxygen atoms in total. The normalized spacial score (nSPS) is 10.8. The van der Waals surface area contributed by atoms with Crippen LogP contribution in [0.15, 0.2) is 53.5 Å². The Kier molecular flexibility index (Phi) is 4.56. The highest BCUT2D eigenvalue weighted by Crippen LogP contribution is 2.19. The summed E-state index contributed by atoms with van der Waals surface area (Å²) in [6.07, 6.45) is 1.16. The predicted octanol–water partition coefficient (Wildman–Crippen LogP) is 2.73. The third-order valence-corrected chi connectivity index (χ3v) is 3.88. The van der Waals surface area contributed by atoms with Gasteiger partial charge in [0.25, 0.3) is 0 Å². The lowest BCUT2D eigenvalue weighted by atomic mass is 10.2. The van der Waals surface area contributed by atoms with E-state index in [2.05, 4.69) is 5.10 Å². The van der Waals surface area contributed by atoms with Gasteiger partial charge in [0.15, 0.2) is 11.6 Å². The van der Waals surface area contributed by atoms with Crippen molar-refractivity contribution in [3.05, 3.63) is 70.5 Å². The lowest BCUT2D eigenvalue weighted by molar-refractivity contribution is -0.119. The van der Waals surface area contributed by atoms with Crippen molar-refractivity contribution in [2.75, 3.05) is 11.4 Å². The van der Waals surface area contributed by atoms with Crippen LogP contribution in [0.4, 0.5) is 14.5 Å². The van der Waals surface area contributed by atoms with E-state index in [9.17, 15) is 18.4 Å². The molecule has 0 unspecified atom stereocenters. The zero-order valence-corrected chi connectivity index (χ0v) is 13.4. The number of fused-ring (bicyclic) bond motifs is 1. The molecular formula is C18H15F2N3O2. The standard InChI is InChI=1S/C18H15F2N3O2/c1-2-22(12-7-8-14(19)15(20)9-12)18(25)11-23-16-6-4-3-5-13(16)17(24)10-21-23/h3-10H,2,11H2,1H3. The van der Waals surface area contributed by atoms with Crippen molar-refractivity contribution in [3.8, 4) is 0 Å². The van der Waals surface area contributed by atoms with Gasteiger partial charge in [0.2, 0.25) is 11.3 Å². The Labute approximate surface area is 142 Å². The summed E-state index contributed by atoms with van der Waals surface area (Å²) in [5.74, 6) is -2.34. The molecule has 0 bridgehead atoms. The third-order valence-electron chi connectivity index (χ3n) is 3.88. The van der Waals surface area contributed by atoms with Gasteiger partial charge in [-0.25, -0.2) is 8.78 Å². The van der Waals surface area contributed by atoms with Gasteiger partial charge < -0.3 is 4.90 Å². The third kappa shape index (κ3) is 3.26. The Morgan fingerprint density at radius 2 is 1.92 bits per heavy atom. The first-order valence-corrected chi connectivity index (χ1v) is 7.71. The van der Waals surface area contributed by atoms with E-state index in [0.29, 0.717) is 10.9 Å². The average Bonchev–Trinajstić information content (AvgIpc) is 2.61. The number of benzene rings is 2. The number of hydrogen-bond donors (Lipinski definition) is 0. The lowest BCUT2D eigenvalue weighted by Gasteiger charge is -2.22. The largest absolute Gasteiger partial charge is 0.311 e. The van der Waals surface area contributed by atoms with Crippen molar-refractivity contribution >= 4 is 22.5 Å². The fourth-order valence-electron chi connectivity index (χ4n) is 2.66. The van der Waals surface area contributed by atoms with Gasteiger partial charge in [0.05, 0.1) is 11.7 Å². The Bertz CT molecular complexity index is 1000. The molecule has 0 aliphatic rings. The molecule has 0 aliphatic heterocycles. The highest BCUT2D eigenvalue weighted by molar-refractivity contribution is 5.93. The Morgan fingerprint density at radius 1 is 1.16 bits per heavy atom. The minimum atomic E-state index is -1.02. The summed E-state index contributed by atoms with van der Waals surface area (Å²) < 4.78 is 28.0. The predicted molar refractivity (Wildman–Crippen MR) is 90.4 cm³/mol. The molecule has 3 rings (SSSR count). The number of likely N-dealkylation sites (N-methyl/N-ethyl adjacent to an activating group) is 1. The maximum atomic E-state index is 13.5. The number of carbonyl (C=O) groups is 1. The molecule has 0 saturated carbocycles. The molecule has 0 aliphatic carbocycles. The van der Waals surface area contributed by atoms with Crippen molar-refractivity contribution in [2.45, 2.75) is 13.5 Å². The summed E-state index contributed by atoms with van der Waals surface area (Å²) in [5, 5.41) is 4.47. The van der Waals surface area contributed by atoms with Gasteiger partial charge in [-0.3, -0.25) is 14.3 Å². The van der Waals surface area contributed by atoms with Crippen LogP contribution in [0.3, 0.4) is 0 Å². The number of rotatable bonds is 4. The van der Waals surface area contributed by atoms with E-state index < -0.39 is 11.6 Å². The molecule has 0 atom stereocenters. The lowest BCUT2D eigenvalue weighted by Crippen LogP contribution is -2.34. The molecule has 25 heavy (non-hydrogen) atoms. The van der Waals surface area contributed by atoms with E-state index in [4.69, 9.17) is 0 Å². The number of anilines is 1. The maximum Gasteiger partial charge on any atom is 0.248 e. The molecule has 1 aromatic heterocycles. The van der Waals surface area contributed by atoms with E-state index in [1.807, 2.05) is 0 Å². The number of hydrogen-bond acceptors (Lipinski definition) is 3. The molecule has 7 heteroatoms. The highest BCUT2D eigenvalue weighted by atomic mass is 19.2. The van der Waals surface area contributed by atoms with Crippen LogP contribution >= 0.6 is 0 Å². The van der Waals surface area contributed by atoms with Gasteiger partial charge in [-0.15, -0.1) is 0 Å².